The van der Waals surface area contributed by atoms with Gasteiger partial charge >= 0.3 is 0 Å². The van der Waals surface area contributed by atoms with Gasteiger partial charge in [-0.2, -0.15) is 5.10 Å². The third-order valence-electron chi connectivity index (χ3n) is 5.05. The van der Waals surface area contributed by atoms with Gasteiger partial charge in [-0.15, -0.1) is 0 Å². The maximum Gasteiger partial charge on any atom is 0.135 e. The minimum absolute atomic E-state index is 0.292. The standard InChI is InChI=1S/C21H16F2N4/c1-12-9-13(15(23)10-14(12)22)21-20(19-7-4-8-27(19)26-21)18-11-24-16-5-2-3-6-17(16)25-18/h2-3,5-6,9-11H,4,7-8H2,1H3. The van der Waals surface area contributed by atoms with Crippen LogP contribution in [0, 0.1) is 18.6 Å². The van der Waals surface area contributed by atoms with Gasteiger partial charge in [-0.3, -0.25) is 9.67 Å². The molecule has 1 aliphatic heterocycles. The second kappa shape index (κ2) is 5.94. The number of fused-ring (bicyclic) bond motifs is 2. The fourth-order valence-electron chi connectivity index (χ4n) is 3.71. The van der Waals surface area contributed by atoms with Crippen molar-refractivity contribution in [3.05, 3.63) is 65.5 Å². The summed E-state index contributed by atoms with van der Waals surface area (Å²) in [4.78, 5) is 9.24. The van der Waals surface area contributed by atoms with Crippen molar-refractivity contribution >= 4 is 11.0 Å². The zero-order valence-electron chi connectivity index (χ0n) is 14.7. The lowest BCUT2D eigenvalue weighted by molar-refractivity contribution is 0.578. The number of aromatic nitrogens is 4. The molecule has 1 aliphatic rings. The Bertz CT molecular complexity index is 1200. The molecule has 0 saturated carbocycles. The Morgan fingerprint density at radius 2 is 1.85 bits per heavy atom. The van der Waals surface area contributed by atoms with Crippen molar-refractivity contribution in [3.63, 3.8) is 0 Å². The summed E-state index contributed by atoms with van der Waals surface area (Å²) >= 11 is 0. The molecule has 134 valence electrons. The van der Waals surface area contributed by atoms with E-state index >= 15 is 0 Å². The van der Waals surface area contributed by atoms with Crippen molar-refractivity contribution in [2.45, 2.75) is 26.3 Å². The lowest BCUT2D eigenvalue weighted by atomic mass is 10.00. The van der Waals surface area contributed by atoms with E-state index in [0.29, 0.717) is 22.5 Å². The molecule has 0 bridgehead atoms. The number of aryl methyl sites for hydroxylation is 2. The Balaban J connectivity index is 1.78. The van der Waals surface area contributed by atoms with Gasteiger partial charge in [0.05, 0.1) is 28.5 Å². The first-order valence-corrected chi connectivity index (χ1v) is 8.89. The number of halogens is 2. The van der Waals surface area contributed by atoms with Gasteiger partial charge < -0.3 is 0 Å². The second-order valence-corrected chi connectivity index (χ2v) is 6.82. The molecule has 4 aromatic rings. The van der Waals surface area contributed by atoms with Crippen LogP contribution in [-0.2, 0) is 13.0 Å². The molecule has 6 heteroatoms. The molecule has 0 radical (unpaired) electrons. The van der Waals surface area contributed by atoms with Crippen LogP contribution in [0.2, 0.25) is 0 Å². The lowest BCUT2D eigenvalue weighted by Crippen LogP contribution is -1.96. The fraction of sp³-hybridized carbons (Fsp3) is 0.190. The molecule has 0 aliphatic carbocycles. The van der Waals surface area contributed by atoms with Gasteiger partial charge in [0.1, 0.15) is 17.3 Å². The van der Waals surface area contributed by atoms with Crippen molar-refractivity contribution in [2.75, 3.05) is 0 Å². The van der Waals surface area contributed by atoms with Crippen LogP contribution in [0.5, 0.6) is 0 Å². The van der Waals surface area contributed by atoms with Crippen molar-refractivity contribution in [3.8, 4) is 22.5 Å². The van der Waals surface area contributed by atoms with E-state index in [1.807, 2.05) is 28.9 Å². The van der Waals surface area contributed by atoms with Crippen LogP contribution >= 0.6 is 0 Å². The molecule has 0 spiro atoms. The maximum atomic E-state index is 14.6. The molecule has 0 unspecified atom stereocenters. The summed E-state index contributed by atoms with van der Waals surface area (Å²) in [6.07, 6.45) is 3.54. The normalized spacial score (nSPS) is 13.3. The molecule has 2 aromatic carbocycles. The van der Waals surface area contributed by atoms with Crippen molar-refractivity contribution < 1.29 is 8.78 Å². The third-order valence-corrected chi connectivity index (χ3v) is 5.05. The van der Waals surface area contributed by atoms with E-state index in [0.717, 1.165) is 47.7 Å². The van der Waals surface area contributed by atoms with Crippen LogP contribution in [0.15, 0.2) is 42.6 Å². The summed E-state index contributed by atoms with van der Waals surface area (Å²) in [7, 11) is 0. The Labute approximate surface area is 154 Å². The highest BCUT2D eigenvalue weighted by Crippen LogP contribution is 2.38. The average Bonchev–Trinajstić information content (AvgIpc) is 3.25. The molecule has 5 rings (SSSR count). The summed E-state index contributed by atoms with van der Waals surface area (Å²) in [6, 6.07) is 10.1. The molecule has 0 N–H and O–H groups in total. The van der Waals surface area contributed by atoms with Gasteiger partial charge in [-0.25, -0.2) is 13.8 Å². The van der Waals surface area contributed by atoms with E-state index in [9.17, 15) is 8.78 Å². The first kappa shape index (κ1) is 16.1. The highest BCUT2D eigenvalue weighted by atomic mass is 19.1. The molecule has 27 heavy (non-hydrogen) atoms. The monoisotopic (exact) mass is 362 g/mol. The van der Waals surface area contributed by atoms with E-state index in [4.69, 9.17) is 4.98 Å². The molecular weight excluding hydrogens is 346 g/mol. The molecule has 0 atom stereocenters. The van der Waals surface area contributed by atoms with Crippen molar-refractivity contribution in [1.82, 2.24) is 19.7 Å². The van der Waals surface area contributed by atoms with Crippen molar-refractivity contribution in [1.29, 1.82) is 0 Å². The van der Waals surface area contributed by atoms with Crippen molar-refractivity contribution in [2.24, 2.45) is 0 Å². The van der Waals surface area contributed by atoms with Crippen LogP contribution in [0.3, 0.4) is 0 Å². The third kappa shape index (κ3) is 2.51. The summed E-state index contributed by atoms with van der Waals surface area (Å²) in [5.41, 5.74) is 5.22. The van der Waals surface area contributed by atoms with E-state index in [1.54, 1.807) is 13.1 Å². The molecule has 0 saturated heterocycles. The Morgan fingerprint density at radius 3 is 2.70 bits per heavy atom. The van der Waals surface area contributed by atoms with Crippen LogP contribution in [0.4, 0.5) is 8.78 Å². The minimum atomic E-state index is -0.620. The topological polar surface area (TPSA) is 43.6 Å². The van der Waals surface area contributed by atoms with Gasteiger partial charge in [-0.1, -0.05) is 12.1 Å². The van der Waals surface area contributed by atoms with Gasteiger partial charge in [-0.05, 0) is 43.5 Å². The number of para-hydroxylation sites is 2. The zero-order valence-corrected chi connectivity index (χ0v) is 14.7. The summed E-state index contributed by atoms with van der Waals surface area (Å²) in [6.45, 7) is 2.41. The maximum absolute atomic E-state index is 14.6. The first-order chi connectivity index (χ1) is 13.1. The molecule has 0 fully saturated rings. The molecule has 2 aromatic heterocycles. The number of nitrogens with zero attached hydrogens (tertiary/aromatic N) is 4. The number of rotatable bonds is 2. The molecular formula is C21H16F2N4. The SMILES string of the molecule is Cc1cc(-c2nn3c(c2-c2cnc4ccccc4n2)CCC3)c(F)cc1F. The van der Waals surface area contributed by atoms with E-state index in [1.165, 1.54) is 6.07 Å². The van der Waals surface area contributed by atoms with Gasteiger partial charge in [0, 0.05) is 23.9 Å². The second-order valence-electron chi connectivity index (χ2n) is 6.82. The highest BCUT2D eigenvalue weighted by Gasteiger charge is 2.27. The smallest absolute Gasteiger partial charge is 0.135 e. The quantitative estimate of drug-likeness (QED) is 0.519. The molecule has 4 nitrogen and oxygen atoms in total. The number of hydrogen-bond acceptors (Lipinski definition) is 3. The Hall–Kier alpha value is -3.15. The van der Waals surface area contributed by atoms with Gasteiger partial charge in [0.2, 0.25) is 0 Å². The minimum Gasteiger partial charge on any atom is -0.268 e. The number of hydrogen-bond donors (Lipinski definition) is 0. The molecule has 0 amide bonds. The van der Waals surface area contributed by atoms with Gasteiger partial charge in [0.15, 0.2) is 0 Å². The van der Waals surface area contributed by atoms with Crippen LogP contribution in [0.25, 0.3) is 33.5 Å². The lowest BCUT2D eigenvalue weighted by Gasteiger charge is -2.08. The Morgan fingerprint density at radius 1 is 1.04 bits per heavy atom. The number of benzene rings is 2. The van der Waals surface area contributed by atoms with Crippen LogP contribution < -0.4 is 0 Å². The fourth-order valence-corrected chi connectivity index (χ4v) is 3.71. The summed E-state index contributed by atoms with van der Waals surface area (Å²) in [5, 5.41) is 4.64. The predicted octanol–water partition coefficient (Wildman–Crippen LogP) is 4.69. The largest absolute Gasteiger partial charge is 0.268 e. The summed E-state index contributed by atoms with van der Waals surface area (Å²) < 4.78 is 30.3. The highest BCUT2D eigenvalue weighted by molar-refractivity contribution is 5.84. The first-order valence-electron chi connectivity index (χ1n) is 8.89. The Kier molecular flexibility index (Phi) is 3.53. The van der Waals surface area contributed by atoms with E-state index < -0.39 is 11.6 Å². The van der Waals surface area contributed by atoms with Gasteiger partial charge in [0.25, 0.3) is 0 Å². The summed E-state index contributed by atoms with van der Waals surface area (Å²) in [5.74, 6) is -1.18. The predicted molar refractivity (Wildman–Crippen MR) is 99.2 cm³/mol. The molecule has 3 heterocycles. The van der Waals surface area contributed by atoms with E-state index in [2.05, 4.69) is 10.1 Å². The average molecular weight is 362 g/mol. The zero-order chi connectivity index (χ0) is 18.5. The van der Waals surface area contributed by atoms with Crippen LogP contribution in [-0.4, -0.2) is 19.7 Å². The van der Waals surface area contributed by atoms with Crippen LogP contribution in [0.1, 0.15) is 17.7 Å². The van der Waals surface area contributed by atoms with E-state index in [-0.39, 0.29) is 0 Å².